The summed E-state index contributed by atoms with van der Waals surface area (Å²) in [4.78, 5) is 0. The quantitative estimate of drug-likeness (QED) is 0.362. The smallest absolute Gasteiger partial charge is 0 e. The first-order chi connectivity index (χ1) is 0. The lowest BCUT2D eigenvalue weighted by Crippen LogP contribution is -0.381. The minimum absolute atomic E-state index is 0. The van der Waals surface area contributed by atoms with Crippen molar-refractivity contribution in [3.8, 4) is 0 Å². The number of hydrogen-bond acceptors (Lipinski definition) is 0. The molecule has 3 radical (unpaired) electrons. The maximum absolute atomic E-state index is 0. The molecule has 0 nitrogen and oxygen atoms in total. The van der Waals surface area contributed by atoms with Gasteiger partial charge in [-0.1, -0.05) is 0 Å². The van der Waals surface area contributed by atoms with E-state index in [1.54, 1.807) is 0 Å². The Morgan fingerprint density at radius 3 is 0.750 bits per heavy atom. The molecule has 0 aliphatic carbocycles. The molecule has 0 spiro atoms. The molecule has 0 N–H and O–H groups in total. The highest BCUT2D eigenvalue weighted by atomic mass is 19.0. The van der Waals surface area contributed by atoms with Gasteiger partial charge in [-0.05, 0) is 0 Å². The summed E-state index contributed by atoms with van der Waals surface area (Å²) < 4.78 is 0. The number of halogens is 3. The van der Waals surface area contributed by atoms with Crippen molar-refractivity contribution in [1.82, 2.24) is 0 Å². The first-order valence-corrected chi connectivity index (χ1v) is 0. The van der Waals surface area contributed by atoms with Crippen LogP contribution in [0.1, 0.15) is 1.43 Å². The first kappa shape index (κ1) is 1490. The lowest BCUT2D eigenvalue weighted by Gasteiger charge is -0.270. The Morgan fingerprint density at radius 2 is 0.750 bits per heavy atom. The molecule has 0 fully saturated rings. The normalized spacial score (nSPS) is 0. The molecular formula is H5BF3. The molecule has 0 saturated carbocycles. The summed E-state index contributed by atoms with van der Waals surface area (Å²) >= 11 is 0. The summed E-state index contributed by atoms with van der Waals surface area (Å²) in [5.41, 5.74) is 0. The Balaban J connectivity index is 0. The third-order valence-corrected chi connectivity index (χ3v) is 0. The Morgan fingerprint density at radius 1 is 0.750 bits per heavy atom. The van der Waals surface area contributed by atoms with Crippen molar-refractivity contribution in [2.24, 2.45) is 0 Å². The molecular weight excluding hydrogens is 67.8 g/mol. The zero-order valence-corrected chi connectivity index (χ0v) is 1.80. The zero-order chi connectivity index (χ0) is 0. The van der Waals surface area contributed by atoms with E-state index in [0.29, 0.717) is 0 Å². The maximum atomic E-state index is 0. The van der Waals surface area contributed by atoms with Crippen LogP contribution in [0.15, 0.2) is 0 Å². The highest BCUT2D eigenvalue weighted by Gasteiger charge is 0.0000112. The largest absolute Gasteiger partial charge is 0.269 e. The van der Waals surface area contributed by atoms with Crippen LogP contribution in [0.4, 0.5) is 14.1 Å². The van der Waals surface area contributed by atoms with Crippen molar-refractivity contribution in [3.05, 3.63) is 0 Å². The van der Waals surface area contributed by atoms with Crippen LogP contribution in [0.2, 0.25) is 0 Å². The fourth-order valence-electron chi connectivity index (χ4n) is 0. The third-order valence-electron chi connectivity index (χ3n) is 0. The molecule has 0 aliphatic heterocycles. The first-order valence-electron chi connectivity index (χ1n) is 0. The predicted octanol–water partition coefficient (Wildman–Crippen LogP) is 0.323. The second-order valence-electron chi connectivity index (χ2n) is 0. The minimum atomic E-state index is 0. The van der Waals surface area contributed by atoms with E-state index in [0.717, 1.165) is 0 Å². The van der Waals surface area contributed by atoms with Gasteiger partial charge in [-0.3, -0.25) is 14.1 Å². The van der Waals surface area contributed by atoms with E-state index in [1.807, 2.05) is 0 Å². The molecule has 0 aliphatic rings. The summed E-state index contributed by atoms with van der Waals surface area (Å²) in [7, 11) is 0. The Hall–Kier alpha value is -0.145. The van der Waals surface area contributed by atoms with Crippen molar-refractivity contribution in [1.29, 1.82) is 0 Å². The summed E-state index contributed by atoms with van der Waals surface area (Å²) in [6.45, 7) is 0. The topological polar surface area (TPSA) is 0 Å². The van der Waals surface area contributed by atoms with Gasteiger partial charge in [-0.15, -0.1) is 0 Å². The van der Waals surface area contributed by atoms with Gasteiger partial charge >= 0.3 is 0 Å². The van der Waals surface area contributed by atoms with E-state index >= 15 is 0 Å². The summed E-state index contributed by atoms with van der Waals surface area (Å²) in [6, 6.07) is 0. The molecule has 0 amide bonds. The van der Waals surface area contributed by atoms with Crippen molar-refractivity contribution < 1.29 is 15.5 Å². The van der Waals surface area contributed by atoms with Gasteiger partial charge in [0.1, 0.15) is 0 Å². The highest BCUT2D eigenvalue weighted by molar-refractivity contribution is 5.75. The van der Waals surface area contributed by atoms with E-state index < -0.39 is 0 Å². The monoisotopic (exact) mass is 73.0 g/mol. The molecule has 0 atom stereocenters. The molecule has 0 aromatic carbocycles. The zero-order valence-electron chi connectivity index (χ0n) is 1.80. The van der Waals surface area contributed by atoms with Crippen LogP contribution in [0.5, 0.6) is 0 Å². The highest BCUT2D eigenvalue weighted by Crippen LogP contribution is 0.422. The summed E-state index contributed by atoms with van der Waals surface area (Å²) in [6.07, 6.45) is 0. The molecule has 0 rings (SSSR count). The average molecular weight is 72.8 g/mol. The van der Waals surface area contributed by atoms with Crippen LogP contribution in [-0.2, 0) is 0 Å². The SMILES string of the molecule is F.F.F.[B].[HH]. The van der Waals surface area contributed by atoms with Crippen LogP contribution in [-0.4, -0.2) is 8.41 Å². The van der Waals surface area contributed by atoms with Crippen molar-refractivity contribution in [3.63, 3.8) is 0 Å². The molecule has 0 heterocycles. The van der Waals surface area contributed by atoms with Crippen LogP contribution in [0, 0.1) is 0 Å². The molecule has 4 heteroatoms. The van der Waals surface area contributed by atoms with Gasteiger partial charge < -0.3 is 0 Å². The fraction of sp³-hybridized carbons (Fsp3) is 0. The summed E-state index contributed by atoms with van der Waals surface area (Å²) in [5.74, 6) is 0. The summed E-state index contributed by atoms with van der Waals surface area (Å²) in [5, 5.41) is 0. The third kappa shape index (κ3) is 64.4. The molecule has 0 saturated heterocycles. The van der Waals surface area contributed by atoms with Crippen LogP contribution in [0.3, 0.4) is 0 Å². The molecule has 29 valence electrons. The van der Waals surface area contributed by atoms with Crippen LogP contribution >= 0.6 is 0 Å². The lowest BCUT2D eigenvalue weighted by molar-refractivity contribution is 1.11. The number of hydrogen-bond donors (Lipinski definition) is 0. The minimum Gasteiger partial charge on any atom is -0.269 e. The van der Waals surface area contributed by atoms with E-state index in [1.165, 1.54) is 0 Å². The van der Waals surface area contributed by atoms with Crippen molar-refractivity contribution >= 4 is 8.41 Å². The van der Waals surface area contributed by atoms with Gasteiger partial charge in [-0.2, -0.15) is 0 Å². The van der Waals surface area contributed by atoms with Gasteiger partial charge in [0.25, 0.3) is 0 Å². The molecule has 0 aromatic heterocycles. The van der Waals surface area contributed by atoms with Crippen LogP contribution < -0.4 is 0 Å². The molecule has 0 aromatic rings. The second kappa shape index (κ2) is 467. The number of rotatable bonds is 0. The van der Waals surface area contributed by atoms with Gasteiger partial charge in [0.15, 0.2) is 0 Å². The Bertz CT molecular complexity index is 6.85. The molecule has 0 unspecified atom stereocenters. The van der Waals surface area contributed by atoms with Gasteiger partial charge in [0.05, 0.1) is 0 Å². The van der Waals surface area contributed by atoms with Gasteiger partial charge in [0.2, 0.25) is 0 Å². The second-order valence-corrected chi connectivity index (χ2v) is 0. The standard InChI is InChI=1S/B.3FH.H2/h;4*1H. The van der Waals surface area contributed by atoms with E-state index in [2.05, 4.69) is 0 Å². The molecule has 0 bridgehead atoms. The van der Waals surface area contributed by atoms with Crippen LogP contribution in [0.25, 0.3) is 0 Å². The average Bonchev–Trinajstić information content (AvgIpc) is 0. The lowest BCUT2D eigenvalue weighted by atomic mass is 10.8. The predicted molar refractivity (Wildman–Crippen MR) is 15.4 cm³/mol. The maximum Gasteiger partial charge on any atom is 0 e. The van der Waals surface area contributed by atoms with Gasteiger partial charge in [0, 0.05) is 9.84 Å². The van der Waals surface area contributed by atoms with Crippen molar-refractivity contribution in [2.75, 3.05) is 0 Å². The van der Waals surface area contributed by atoms with E-state index in [4.69, 9.17) is 0 Å². The van der Waals surface area contributed by atoms with E-state index in [9.17, 15) is 0 Å². The van der Waals surface area contributed by atoms with Crippen molar-refractivity contribution in [2.45, 2.75) is 0 Å². The van der Waals surface area contributed by atoms with E-state index in [-0.39, 0.29) is 24.0 Å². The fourth-order valence-corrected chi connectivity index (χ4v) is 0. The Labute approximate surface area is 25.4 Å². The van der Waals surface area contributed by atoms with Gasteiger partial charge in [-0.25, -0.2) is 0 Å². The molecule has 4 heavy (non-hydrogen) atoms. The Kier molecular flexibility index (Phi) is 174000.